The minimum Gasteiger partial charge on any atom is -0.469 e. The van der Waals surface area contributed by atoms with E-state index in [1.165, 1.54) is 6.26 Å². The molecule has 2 aromatic heterocycles. The van der Waals surface area contributed by atoms with E-state index in [1.807, 2.05) is 18.2 Å². The lowest BCUT2D eigenvalue weighted by Crippen LogP contribution is -2.00. The molecule has 0 fully saturated rings. The van der Waals surface area contributed by atoms with Crippen LogP contribution in [-0.4, -0.2) is 10.8 Å². The summed E-state index contributed by atoms with van der Waals surface area (Å²) in [5.74, 6) is 0.620. The second-order valence-electron chi connectivity index (χ2n) is 4.11. The molecule has 18 heavy (non-hydrogen) atoms. The van der Waals surface area contributed by atoms with Crippen LogP contribution in [-0.2, 0) is 0 Å². The lowest BCUT2D eigenvalue weighted by atomic mass is 10.0. The zero-order valence-corrected chi connectivity index (χ0v) is 11.2. The first-order chi connectivity index (χ1) is 8.66. The maximum atomic E-state index is 12.4. The number of fused-ring (bicyclic) bond motifs is 1. The zero-order valence-electron chi connectivity index (χ0n) is 9.66. The number of furan rings is 1. The Balaban J connectivity index is 2.18. The highest BCUT2D eigenvalue weighted by molar-refractivity contribution is 9.10. The number of benzene rings is 1. The van der Waals surface area contributed by atoms with Crippen LogP contribution in [0.2, 0.25) is 0 Å². The summed E-state index contributed by atoms with van der Waals surface area (Å²) in [5, 5.41) is 0.912. The molecule has 0 saturated carbocycles. The molecule has 0 atom stereocenters. The van der Waals surface area contributed by atoms with Crippen LogP contribution in [0.25, 0.3) is 10.9 Å². The topological polar surface area (TPSA) is 46.0 Å². The first-order valence-corrected chi connectivity index (χ1v) is 6.31. The van der Waals surface area contributed by atoms with Crippen LogP contribution >= 0.6 is 15.9 Å². The van der Waals surface area contributed by atoms with E-state index in [2.05, 4.69) is 20.9 Å². The van der Waals surface area contributed by atoms with E-state index in [9.17, 15) is 4.79 Å². The second kappa shape index (κ2) is 4.14. The van der Waals surface area contributed by atoms with Gasteiger partial charge in [-0.15, -0.1) is 0 Å². The number of nitrogens with one attached hydrogen (secondary N) is 1. The fourth-order valence-electron chi connectivity index (χ4n) is 2.05. The van der Waals surface area contributed by atoms with Crippen molar-refractivity contribution in [2.24, 2.45) is 0 Å². The Labute approximate surface area is 112 Å². The number of aromatic amines is 1. The highest BCUT2D eigenvalue weighted by Gasteiger charge is 2.17. The minimum absolute atomic E-state index is 0.0226. The van der Waals surface area contributed by atoms with Crippen molar-refractivity contribution < 1.29 is 9.21 Å². The van der Waals surface area contributed by atoms with Gasteiger partial charge in [0.05, 0.1) is 11.8 Å². The van der Waals surface area contributed by atoms with Crippen LogP contribution in [0, 0.1) is 6.92 Å². The van der Waals surface area contributed by atoms with E-state index in [4.69, 9.17) is 4.42 Å². The summed E-state index contributed by atoms with van der Waals surface area (Å²) in [7, 11) is 0. The number of aryl methyl sites for hydroxylation is 1. The molecule has 2 heterocycles. The monoisotopic (exact) mass is 303 g/mol. The zero-order chi connectivity index (χ0) is 12.7. The fraction of sp³-hybridized carbons (Fsp3) is 0.0714. The molecule has 0 bridgehead atoms. The van der Waals surface area contributed by atoms with Gasteiger partial charge in [-0.1, -0.05) is 15.9 Å². The SMILES string of the molecule is Cc1occc1C(=O)c1c[nH]c2ccc(Br)cc12. The number of carbonyl (C=O) groups is 1. The number of ketones is 1. The molecule has 0 aliphatic carbocycles. The number of H-pyrrole nitrogens is 1. The van der Waals surface area contributed by atoms with E-state index in [1.54, 1.807) is 19.2 Å². The van der Waals surface area contributed by atoms with Crippen LogP contribution in [0.5, 0.6) is 0 Å². The molecule has 4 heteroatoms. The first-order valence-electron chi connectivity index (χ1n) is 5.52. The fourth-order valence-corrected chi connectivity index (χ4v) is 2.41. The van der Waals surface area contributed by atoms with Crippen molar-refractivity contribution in [2.75, 3.05) is 0 Å². The van der Waals surface area contributed by atoms with Gasteiger partial charge in [-0.2, -0.15) is 0 Å². The molecule has 0 saturated heterocycles. The average molecular weight is 304 g/mol. The predicted octanol–water partition coefficient (Wildman–Crippen LogP) is 4.06. The average Bonchev–Trinajstić information content (AvgIpc) is 2.94. The molecule has 3 rings (SSSR count). The predicted molar refractivity (Wildman–Crippen MR) is 72.9 cm³/mol. The molecule has 0 radical (unpaired) electrons. The summed E-state index contributed by atoms with van der Waals surface area (Å²) < 4.78 is 6.13. The molecule has 1 aromatic carbocycles. The van der Waals surface area contributed by atoms with Gasteiger partial charge in [-0.05, 0) is 31.2 Å². The van der Waals surface area contributed by atoms with Crippen molar-refractivity contribution in [3.05, 3.63) is 58.1 Å². The molecule has 0 aliphatic heterocycles. The third-order valence-corrected chi connectivity index (χ3v) is 3.49. The van der Waals surface area contributed by atoms with Gasteiger partial charge in [0.15, 0.2) is 5.78 Å². The Hall–Kier alpha value is -1.81. The molecule has 0 unspecified atom stereocenters. The first kappa shape index (κ1) is 11.3. The Bertz CT molecular complexity index is 739. The van der Waals surface area contributed by atoms with E-state index in [-0.39, 0.29) is 5.78 Å². The van der Waals surface area contributed by atoms with Gasteiger partial charge in [0.25, 0.3) is 0 Å². The molecule has 3 aromatic rings. The molecular formula is C14H10BrNO2. The van der Waals surface area contributed by atoms with Crippen LogP contribution in [0.15, 0.2) is 45.6 Å². The Morgan fingerprint density at radius 1 is 1.28 bits per heavy atom. The maximum absolute atomic E-state index is 12.4. The minimum atomic E-state index is -0.0226. The van der Waals surface area contributed by atoms with Crippen molar-refractivity contribution in [3.63, 3.8) is 0 Å². The number of rotatable bonds is 2. The third-order valence-electron chi connectivity index (χ3n) is 2.99. The number of halogens is 1. The Morgan fingerprint density at radius 2 is 2.11 bits per heavy atom. The van der Waals surface area contributed by atoms with Gasteiger partial charge in [0.1, 0.15) is 5.76 Å². The smallest absolute Gasteiger partial charge is 0.198 e. The number of hydrogen-bond donors (Lipinski definition) is 1. The summed E-state index contributed by atoms with van der Waals surface area (Å²) in [4.78, 5) is 15.5. The van der Waals surface area contributed by atoms with Crippen molar-refractivity contribution in [2.45, 2.75) is 6.92 Å². The van der Waals surface area contributed by atoms with Crippen molar-refractivity contribution in [1.29, 1.82) is 0 Å². The molecule has 0 spiro atoms. The van der Waals surface area contributed by atoms with Gasteiger partial charge in [0.2, 0.25) is 0 Å². The van der Waals surface area contributed by atoms with E-state index in [0.29, 0.717) is 16.9 Å². The molecule has 3 nitrogen and oxygen atoms in total. The number of carbonyl (C=O) groups excluding carboxylic acids is 1. The summed E-state index contributed by atoms with van der Waals surface area (Å²) in [6.07, 6.45) is 3.28. The van der Waals surface area contributed by atoms with Gasteiger partial charge in [-0.25, -0.2) is 0 Å². The van der Waals surface area contributed by atoms with Crippen LogP contribution < -0.4 is 0 Å². The molecule has 90 valence electrons. The molecule has 0 amide bonds. The third kappa shape index (κ3) is 1.69. The summed E-state index contributed by atoms with van der Waals surface area (Å²) >= 11 is 3.42. The largest absolute Gasteiger partial charge is 0.469 e. The highest BCUT2D eigenvalue weighted by Crippen LogP contribution is 2.25. The van der Waals surface area contributed by atoms with Crippen molar-refractivity contribution >= 4 is 32.6 Å². The maximum Gasteiger partial charge on any atom is 0.198 e. The van der Waals surface area contributed by atoms with E-state index in [0.717, 1.165) is 15.4 Å². The number of hydrogen-bond acceptors (Lipinski definition) is 2. The summed E-state index contributed by atoms with van der Waals surface area (Å²) in [6.45, 7) is 1.79. The van der Waals surface area contributed by atoms with Gasteiger partial charge >= 0.3 is 0 Å². The van der Waals surface area contributed by atoms with Crippen molar-refractivity contribution in [3.8, 4) is 0 Å². The van der Waals surface area contributed by atoms with E-state index < -0.39 is 0 Å². The standard InChI is InChI=1S/C14H10BrNO2/c1-8-10(4-5-18-8)14(17)12-7-16-13-3-2-9(15)6-11(12)13/h2-7,16H,1H3. The molecule has 0 aliphatic rings. The van der Waals surface area contributed by atoms with Gasteiger partial charge in [-0.3, -0.25) is 4.79 Å². The van der Waals surface area contributed by atoms with E-state index >= 15 is 0 Å². The van der Waals surface area contributed by atoms with Crippen LogP contribution in [0.4, 0.5) is 0 Å². The highest BCUT2D eigenvalue weighted by atomic mass is 79.9. The number of aromatic nitrogens is 1. The quantitative estimate of drug-likeness (QED) is 0.726. The van der Waals surface area contributed by atoms with Crippen molar-refractivity contribution in [1.82, 2.24) is 4.98 Å². The Kier molecular flexibility index (Phi) is 2.59. The van der Waals surface area contributed by atoms with Crippen LogP contribution in [0.1, 0.15) is 21.7 Å². The normalized spacial score (nSPS) is 11.0. The van der Waals surface area contributed by atoms with Crippen LogP contribution in [0.3, 0.4) is 0 Å². The Morgan fingerprint density at radius 3 is 2.83 bits per heavy atom. The van der Waals surface area contributed by atoms with Gasteiger partial charge in [0, 0.05) is 27.1 Å². The molecular weight excluding hydrogens is 294 g/mol. The summed E-state index contributed by atoms with van der Waals surface area (Å²) in [6, 6.07) is 7.53. The lowest BCUT2D eigenvalue weighted by Gasteiger charge is -1.98. The molecule has 1 N–H and O–H groups in total. The lowest BCUT2D eigenvalue weighted by molar-refractivity contribution is 0.103. The second-order valence-corrected chi connectivity index (χ2v) is 5.03. The summed E-state index contributed by atoms with van der Waals surface area (Å²) in [5.41, 5.74) is 2.22. The van der Waals surface area contributed by atoms with Gasteiger partial charge < -0.3 is 9.40 Å².